The number of benzene rings is 1. The van der Waals surface area contributed by atoms with Gasteiger partial charge in [0.1, 0.15) is 0 Å². The van der Waals surface area contributed by atoms with Crippen molar-refractivity contribution in [2.45, 2.75) is 6.92 Å². The number of nitrogens with one attached hydrogen (secondary N) is 1. The Hall–Kier alpha value is -2.74. The quantitative estimate of drug-likeness (QED) is 0.666. The number of anilines is 1. The lowest BCUT2D eigenvalue weighted by atomic mass is 10.1. The van der Waals surface area contributed by atoms with Crippen molar-refractivity contribution in [2.75, 3.05) is 5.32 Å². The summed E-state index contributed by atoms with van der Waals surface area (Å²) in [6, 6.07) is 4.96. The van der Waals surface area contributed by atoms with Gasteiger partial charge in [-0.1, -0.05) is 0 Å². The van der Waals surface area contributed by atoms with Crippen molar-refractivity contribution >= 4 is 34.6 Å². The van der Waals surface area contributed by atoms with Crippen LogP contribution in [0, 0.1) is 17.0 Å². The van der Waals surface area contributed by atoms with Crippen LogP contribution in [0.5, 0.6) is 0 Å². The van der Waals surface area contributed by atoms with Gasteiger partial charge in [-0.3, -0.25) is 14.9 Å². The van der Waals surface area contributed by atoms with Crippen LogP contribution in [0.25, 0.3) is 0 Å². The molecule has 2 aromatic rings. The van der Waals surface area contributed by atoms with E-state index in [-0.39, 0.29) is 16.9 Å². The summed E-state index contributed by atoms with van der Waals surface area (Å²) < 4.78 is 0. The number of carboxylic acid groups (broad SMARTS) is 1. The molecule has 0 atom stereocenters. The van der Waals surface area contributed by atoms with E-state index in [1.54, 1.807) is 18.4 Å². The molecule has 0 aliphatic rings. The van der Waals surface area contributed by atoms with Crippen molar-refractivity contribution in [3.05, 3.63) is 55.8 Å². The zero-order valence-electron chi connectivity index (χ0n) is 10.8. The SMILES string of the molecule is Cc1ccsc1C(=O)Nc1cc([N+](=O)[O-])ccc1C(=O)O. The Morgan fingerprint density at radius 1 is 1.33 bits per heavy atom. The van der Waals surface area contributed by atoms with E-state index >= 15 is 0 Å². The third-order valence-electron chi connectivity index (χ3n) is 2.76. The Morgan fingerprint density at radius 2 is 2.05 bits per heavy atom. The first kappa shape index (κ1) is 14.7. The number of carbonyl (C=O) groups is 2. The van der Waals surface area contributed by atoms with E-state index in [0.717, 1.165) is 23.8 Å². The van der Waals surface area contributed by atoms with E-state index in [1.807, 2.05) is 0 Å². The molecule has 0 saturated carbocycles. The number of rotatable bonds is 4. The second kappa shape index (κ2) is 5.71. The fraction of sp³-hybridized carbons (Fsp3) is 0.0769. The minimum atomic E-state index is -1.27. The molecule has 0 aliphatic carbocycles. The van der Waals surface area contributed by atoms with Gasteiger partial charge in [-0.15, -0.1) is 11.3 Å². The number of nitrogens with zero attached hydrogens (tertiary/aromatic N) is 1. The van der Waals surface area contributed by atoms with E-state index in [0.29, 0.717) is 4.88 Å². The predicted molar refractivity (Wildman–Crippen MR) is 77.1 cm³/mol. The zero-order chi connectivity index (χ0) is 15.6. The molecule has 0 aliphatic heterocycles. The van der Waals surface area contributed by atoms with Gasteiger partial charge in [-0.2, -0.15) is 0 Å². The average molecular weight is 306 g/mol. The zero-order valence-corrected chi connectivity index (χ0v) is 11.6. The normalized spacial score (nSPS) is 10.1. The van der Waals surface area contributed by atoms with Crippen molar-refractivity contribution in [1.82, 2.24) is 0 Å². The molecule has 1 amide bonds. The molecule has 0 radical (unpaired) electrons. The molecule has 0 bridgehead atoms. The number of aromatic carboxylic acids is 1. The van der Waals surface area contributed by atoms with Crippen molar-refractivity contribution in [3.8, 4) is 0 Å². The highest BCUT2D eigenvalue weighted by molar-refractivity contribution is 7.12. The topological polar surface area (TPSA) is 110 Å². The van der Waals surface area contributed by atoms with Gasteiger partial charge in [0.05, 0.1) is 21.1 Å². The van der Waals surface area contributed by atoms with Gasteiger partial charge in [-0.05, 0) is 30.0 Å². The van der Waals surface area contributed by atoms with Gasteiger partial charge in [0.25, 0.3) is 11.6 Å². The first-order valence-electron chi connectivity index (χ1n) is 5.77. The maximum atomic E-state index is 12.1. The van der Waals surface area contributed by atoms with Gasteiger partial charge in [-0.25, -0.2) is 4.79 Å². The molecular weight excluding hydrogens is 296 g/mol. The van der Waals surface area contributed by atoms with E-state index in [2.05, 4.69) is 5.32 Å². The lowest BCUT2D eigenvalue weighted by Crippen LogP contribution is -2.14. The second-order valence-electron chi connectivity index (χ2n) is 4.18. The van der Waals surface area contributed by atoms with Gasteiger partial charge < -0.3 is 10.4 Å². The third-order valence-corrected chi connectivity index (χ3v) is 3.78. The summed E-state index contributed by atoms with van der Waals surface area (Å²) in [5, 5.41) is 24.0. The van der Waals surface area contributed by atoms with Crippen LogP contribution in [0.3, 0.4) is 0 Å². The third kappa shape index (κ3) is 3.06. The Kier molecular flexibility index (Phi) is 3.99. The van der Waals surface area contributed by atoms with Crippen LogP contribution < -0.4 is 5.32 Å². The van der Waals surface area contributed by atoms with Crippen LogP contribution in [0.1, 0.15) is 25.6 Å². The summed E-state index contributed by atoms with van der Waals surface area (Å²) in [6.45, 7) is 1.75. The fourth-order valence-corrected chi connectivity index (χ4v) is 2.54. The molecule has 0 fully saturated rings. The number of hydrogen-bond donors (Lipinski definition) is 2. The molecule has 0 unspecified atom stereocenters. The van der Waals surface area contributed by atoms with E-state index in [1.165, 1.54) is 11.3 Å². The fourth-order valence-electron chi connectivity index (χ4n) is 1.72. The maximum absolute atomic E-state index is 12.1. The number of carboxylic acids is 1. The summed E-state index contributed by atoms with van der Waals surface area (Å²) in [7, 11) is 0. The monoisotopic (exact) mass is 306 g/mol. The van der Waals surface area contributed by atoms with Crippen molar-refractivity contribution < 1.29 is 19.6 Å². The van der Waals surface area contributed by atoms with Crippen LogP contribution in [-0.4, -0.2) is 21.9 Å². The lowest BCUT2D eigenvalue weighted by Gasteiger charge is -2.08. The van der Waals surface area contributed by atoms with Crippen LogP contribution >= 0.6 is 11.3 Å². The molecule has 0 spiro atoms. The standard InChI is InChI=1S/C13H10N2O5S/c1-7-4-5-21-11(7)12(16)14-10-6-8(15(19)20)2-3-9(10)13(17)18/h2-6H,1H3,(H,14,16)(H,17,18). The molecule has 2 N–H and O–H groups in total. The number of aryl methyl sites for hydroxylation is 1. The number of thiophene rings is 1. The average Bonchev–Trinajstić information content (AvgIpc) is 2.84. The molecule has 21 heavy (non-hydrogen) atoms. The van der Waals surface area contributed by atoms with Gasteiger partial charge in [0, 0.05) is 12.1 Å². The van der Waals surface area contributed by atoms with E-state index in [4.69, 9.17) is 5.11 Å². The number of carbonyl (C=O) groups excluding carboxylic acids is 1. The molecule has 7 nitrogen and oxygen atoms in total. The molecule has 8 heteroatoms. The number of hydrogen-bond acceptors (Lipinski definition) is 5. The first-order valence-corrected chi connectivity index (χ1v) is 6.65. The van der Waals surface area contributed by atoms with E-state index in [9.17, 15) is 19.7 Å². The second-order valence-corrected chi connectivity index (χ2v) is 5.10. The Bertz CT molecular complexity index is 738. The Morgan fingerprint density at radius 3 is 2.57 bits per heavy atom. The molecule has 0 saturated heterocycles. The molecule has 108 valence electrons. The Labute approximate surface area is 123 Å². The molecular formula is C13H10N2O5S. The van der Waals surface area contributed by atoms with Crippen LogP contribution in [0.15, 0.2) is 29.6 Å². The summed E-state index contributed by atoms with van der Waals surface area (Å²) in [6.07, 6.45) is 0. The summed E-state index contributed by atoms with van der Waals surface area (Å²) in [4.78, 5) is 33.7. The molecule has 1 aromatic heterocycles. The molecule has 1 aromatic carbocycles. The number of amides is 1. The van der Waals surface area contributed by atoms with Gasteiger partial charge in [0.15, 0.2) is 0 Å². The summed E-state index contributed by atoms with van der Waals surface area (Å²) in [5.41, 5.74) is 0.149. The highest BCUT2D eigenvalue weighted by Gasteiger charge is 2.19. The maximum Gasteiger partial charge on any atom is 0.337 e. The minimum Gasteiger partial charge on any atom is -0.478 e. The summed E-state index contributed by atoms with van der Waals surface area (Å²) in [5.74, 6) is -1.77. The van der Waals surface area contributed by atoms with Gasteiger partial charge in [0.2, 0.25) is 0 Å². The lowest BCUT2D eigenvalue weighted by molar-refractivity contribution is -0.384. The van der Waals surface area contributed by atoms with E-state index < -0.39 is 16.8 Å². The smallest absolute Gasteiger partial charge is 0.337 e. The molecule has 1 heterocycles. The largest absolute Gasteiger partial charge is 0.478 e. The highest BCUT2D eigenvalue weighted by atomic mass is 32.1. The minimum absolute atomic E-state index is 0.102. The highest BCUT2D eigenvalue weighted by Crippen LogP contribution is 2.24. The van der Waals surface area contributed by atoms with Crippen LogP contribution in [0.4, 0.5) is 11.4 Å². The number of nitro benzene ring substituents is 1. The van der Waals surface area contributed by atoms with Crippen molar-refractivity contribution in [1.29, 1.82) is 0 Å². The van der Waals surface area contributed by atoms with Crippen molar-refractivity contribution in [2.24, 2.45) is 0 Å². The predicted octanol–water partition coefficient (Wildman–Crippen LogP) is 2.92. The van der Waals surface area contributed by atoms with Crippen LogP contribution in [0.2, 0.25) is 0 Å². The Balaban J connectivity index is 2.39. The number of non-ortho nitro benzene ring substituents is 1. The summed E-state index contributed by atoms with van der Waals surface area (Å²) >= 11 is 1.21. The molecule has 2 rings (SSSR count). The number of nitro groups is 1. The van der Waals surface area contributed by atoms with Crippen molar-refractivity contribution in [3.63, 3.8) is 0 Å². The van der Waals surface area contributed by atoms with Crippen LogP contribution in [-0.2, 0) is 0 Å². The first-order chi connectivity index (χ1) is 9.90. The van der Waals surface area contributed by atoms with Gasteiger partial charge >= 0.3 is 5.97 Å².